The van der Waals surface area contributed by atoms with Crippen molar-refractivity contribution in [1.82, 2.24) is 25.2 Å². The Kier molecular flexibility index (Phi) is 10.4. The molecule has 8 atom stereocenters. The molecular formula is C37H49N7O6. The van der Waals surface area contributed by atoms with Crippen molar-refractivity contribution in [2.24, 2.45) is 22.7 Å². The fourth-order valence-corrected chi connectivity index (χ4v) is 8.62. The van der Waals surface area contributed by atoms with Gasteiger partial charge in [0.25, 0.3) is 0 Å². The summed E-state index contributed by atoms with van der Waals surface area (Å²) in [6.07, 6.45) is 9.79. The highest BCUT2D eigenvalue weighted by Crippen LogP contribution is 2.62. The summed E-state index contributed by atoms with van der Waals surface area (Å²) < 4.78 is 11.2. The number of nitrogens with one attached hydrogen (secondary N) is 2. The number of fused-ring (bicyclic) bond motifs is 1. The number of esters is 1. The lowest BCUT2D eigenvalue weighted by Gasteiger charge is -2.62. The molecule has 2 aromatic rings. The third-order valence-corrected chi connectivity index (χ3v) is 11.5. The molecule has 0 aromatic carbocycles. The molecule has 0 bridgehead atoms. The second-order valence-corrected chi connectivity index (χ2v) is 14.6. The van der Waals surface area contributed by atoms with E-state index in [2.05, 4.69) is 39.1 Å². The number of hydrogen-bond acceptors (Lipinski definition) is 12. The normalized spacial score (nSPS) is 31.8. The van der Waals surface area contributed by atoms with Crippen LogP contribution in [0.2, 0.25) is 0 Å². The molecule has 2 saturated carbocycles. The number of aliphatic hydroxyl groups excluding tert-OH is 2. The van der Waals surface area contributed by atoms with Crippen LogP contribution in [0.4, 0.5) is 11.8 Å². The zero-order valence-electron chi connectivity index (χ0n) is 29.0. The standard InChI is InChI=1S/C37H49N7O6/c1-22-27(17-29(43-32-7-5-6-10-39-32)26-16-25(50-34(26)48)15-24-19-40-35(38)41-20-24)36(3)9-8-31(46)37(4,21-45)30(36)18-28(22)42-23(2)33(47)44-11-13-49-14-12-44/h5-7,10,15-16,19-20,23,27-31,42,45-46H,1,8-9,11-14,17-18,21H2,2-4H3,(H,39,43)(H2,38,40,41)/t23?,27?,28?,29?,30?,31-,36-,37+/m1/s1. The largest absolute Gasteiger partial charge is 0.423 e. The van der Waals surface area contributed by atoms with E-state index in [-0.39, 0.29) is 36.3 Å². The van der Waals surface area contributed by atoms with Crippen LogP contribution in [0.15, 0.2) is 66.3 Å². The molecule has 5 unspecified atom stereocenters. The van der Waals surface area contributed by atoms with Gasteiger partial charge in [-0.3, -0.25) is 10.1 Å². The number of nitrogens with two attached hydrogens (primary N) is 1. The molecule has 1 saturated heterocycles. The number of anilines is 2. The number of amides is 1. The number of nitrogens with zero attached hydrogens (tertiary/aromatic N) is 4. The van der Waals surface area contributed by atoms with E-state index in [1.54, 1.807) is 30.7 Å². The molecule has 4 aliphatic rings. The number of cyclic esters (lactones) is 1. The van der Waals surface area contributed by atoms with Gasteiger partial charge in [-0.25, -0.2) is 19.7 Å². The number of aliphatic hydroxyl groups is 2. The highest BCUT2D eigenvalue weighted by atomic mass is 16.5. The summed E-state index contributed by atoms with van der Waals surface area (Å²) in [5.41, 5.74) is 6.46. The lowest BCUT2D eigenvalue weighted by atomic mass is 9.45. The minimum Gasteiger partial charge on any atom is -0.423 e. The first-order valence-electron chi connectivity index (χ1n) is 17.4. The molecule has 13 heteroatoms. The van der Waals surface area contributed by atoms with Gasteiger partial charge in [-0.05, 0) is 74.1 Å². The molecular weight excluding hydrogens is 638 g/mol. The first kappa shape index (κ1) is 35.6. The lowest BCUT2D eigenvalue weighted by Crippen LogP contribution is -2.62. The Morgan fingerprint density at radius 3 is 2.64 bits per heavy atom. The van der Waals surface area contributed by atoms with Crippen LogP contribution in [-0.4, -0.2) is 99.1 Å². The molecule has 2 aliphatic carbocycles. The molecule has 2 aliphatic heterocycles. The van der Waals surface area contributed by atoms with Crippen molar-refractivity contribution in [2.75, 3.05) is 44.0 Å². The maximum atomic E-state index is 13.6. The van der Waals surface area contributed by atoms with Crippen LogP contribution in [0.3, 0.4) is 0 Å². The Hall–Kier alpha value is -4.17. The van der Waals surface area contributed by atoms with Gasteiger partial charge in [-0.15, -0.1) is 0 Å². The van der Waals surface area contributed by atoms with Crippen LogP contribution in [0.25, 0.3) is 6.08 Å². The molecule has 1 amide bonds. The monoisotopic (exact) mass is 687 g/mol. The van der Waals surface area contributed by atoms with Crippen molar-refractivity contribution < 1.29 is 29.3 Å². The van der Waals surface area contributed by atoms with Gasteiger partial charge < -0.3 is 35.6 Å². The van der Waals surface area contributed by atoms with E-state index in [0.717, 1.165) is 5.57 Å². The van der Waals surface area contributed by atoms with E-state index in [4.69, 9.17) is 15.2 Å². The van der Waals surface area contributed by atoms with E-state index >= 15 is 0 Å². The Labute approximate surface area is 293 Å². The van der Waals surface area contributed by atoms with Crippen LogP contribution in [0.1, 0.15) is 52.0 Å². The second-order valence-electron chi connectivity index (χ2n) is 14.6. The summed E-state index contributed by atoms with van der Waals surface area (Å²) >= 11 is 0. The zero-order chi connectivity index (χ0) is 35.6. The predicted molar refractivity (Wildman–Crippen MR) is 188 cm³/mol. The molecule has 0 spiro atoms. The minimum atomic E-state index is -0.782. The summed E-state index contributed by atoms with van der Waals surface area (Å²) in [7, 11) is 0. The smallest absolute Gasteiger partial charge is 0.341 e. The van der Waals surface area contributed by atoms with E-state index in [1.807, 2.05) is 36.9 Å². The fourth-order valence-electron chi connectivity index (χ4n) is 8.62. The van der Waals surface area contributed by atoms with Crippen molar-refractivity contribution in [1.29, 1.82) is 0 Å². The van der Waals surface area contributed by atoms with Gasteiger partial charge in [-0.1, -0.05) is 32.1 Å². The maximum Gasteiger partial charge on any atom is 0.341 e. The van der Waals surface area contributed by atoms with E-state index < -0.39 is 35.0 Å². The van der Waals surface area contributed by atoms with Crippen molar-refractivity contribution in [3.8, 4) is 0 Å². The third-order valence-electron chi connectivity index (χ3n) is 11.5. The van der Waals surface area contributed by atoms with Crippen LogP contribution in [0, 0.1) is 22.7 Å². The predicted octanol–water partition coefficient (Wildman–Crippen LogP) is 2.71. The van der Waals surface area contributed by atoms with E-state index in [9.17, 15) is 19.8 Å². The summed E-state index contributed by atoms with van der Waals surface area (Å²) in [5, 5.41) is 29.2. The SMILES string of the molecule is C=C1C(NC(C)C(=O)N2CCOCC2)CC2[C@](C)(CC[C@@H](O)[C@@]2(C)CO)C1CC(Nc1ccccn1)C1=CC(=Cc2cnc(N)nc2)OC1=O. The Balaban J connectivity index is 1.35. The number of aromatic nitrogens is 3. The van der Waals surface area contributed by atoms with Crippen molar-refractivity contribution in [2.45, 2.75) is 70.7 Å². The van der Waals surface area contributed by atoms with Gasteiger partial charge >= 0.3 is 5.97 Å². The second kappa shape index (κ2) is 14.6. The van der Waals surface area contributed by atoms with Crippen molar-refractivity contribution in [3.05, 3.63) is 71.9 Å². The van der Waals surface area contributed by atoms with Gasteiger partial charge in [0, 0.05) is 48.7 Å². The number of rotatable bonds is 10. The number of carbonyl (C=O) groups is 2. The average molecular weight is 688 g/mol. The van der Waals surface area contributed by atoms with E-state index in [1.165, 1.54) is 0 Å². The zero-order valence-corrected chi connectivity index (χ0v) is 29.0. The quantitative estimate of drug-likeness (QED) is 0.182. The number of pyridine rings is 1. The van der Waals surface area contributed by atoms with Gasteiger partial charge in [-0.2, -0.15) is 0 Å². The third kappa shape index (κ3) is 7.05. The molecule has 6 rings (SSSR count). The minimum absolute atomic E-state index is 0.000968. The van der Waals surface area contributed by atoms with Gasteiger partial charge in [0.15, 0.2) is 0 Å². The number of hydrogen-bond donors (Lipinski definition) is 5. The van der Waals surface area contributed by atoms with Gasteiger partial charge in [0.05, 0.1) is 43.6 Å². The summed E-state index contributed by atoms with van der Waals surface area (Å²) in [4.78, 5) is 41.5. The molecule has 2 aromatic heterocycles. The number of ether oxygens (including phenoxy) is 2. The van der Waals surface area contributed by atoms with Crippen molar-refractivity contribution in [3.63, 3.8) is 0 Å². The molecule has 50 heavy (non-hydrogen) atoms. The first-order valence-corrected chi connectivity index (χ1v) is 17.4. The fraction of sp³-hybridized carbons (Fsp3) is 0.541. The number of morpholine rings is 1. The number of carbonyl (C=O) groups excluding carboxylic acids is 2. The summed E-state index contributed by atoms with van der Waals surface area (Å²) in [6, 6.07) is 4.23. The molecule has 0 radical (unpaired) electrons. The highest BCUT2D eigenvalue weighted by molar-refractivity contribution is 5.95. The highest BCUT2D eigenvalue weighted by Gasteiger charge is 2.60. The topological polar surface area (TPSA) is 185 Å². The Morgan fingerprint density at radius 2 is 1.96 bits per heavy atom. The first-order chi connectivity index (χ1) is 23.9. The molecule has 4 heterocycles. The summed E-state index contributed by atoms with van der Waals surface area (Å²) in [5.74, 6) is 0.298. The number of allylic oxidation sites excluding steroid dienone is 1. The van der Waals surface area contributed by atoms with Crippen LogP contribution < -0.4 is 16.4 Å². The average Bonchev–Trinajstić information content (AvgIpc) is 3.49. The Morgan fingerprint density at radius 1 is 1.22 bits per heavy atom. The summed E-state index contributed by atoms with van der Waals surface area (Å²) in [6.45, 7) is 12.7. The molecule has 13 nitrogen and oxygen atoms in total. The number of nitrogen functional groups attached to an aromatic ring is 1. The maximum absolute atomic E-state index is 13.6. The van der Waals surface area contributed by atoms with Crippen LogP contribution >= 0.6 is 0 Å². The Bertz CT molecular complexity index is 1630. The van der Waals surface area contributed by atoms with Gasteiger partial charge in [0.1, 0.15) is 11.6 Å². The van der Waals surface area contributed by atoms with Crippen molar-refractivity contribution >= 4 is 29.7 Å². The van der Waals surface area contributed by atoms with E-state index in [0.29, 0.717) is 74.7 Å². The van der Waals surface area contributed by atoms with Crippen LogP contribution in [0.5, 0.6) is 0 Å². The molecule has 3 fully saturated rings. The van der Waals surface area contributed by atoms with Gasteiger partial charge in [0.2, 0.25) is 11.9 Å². The van der Waals surface area contributed by atoms with Crippen LogP contribution in [-0.2, 0) is 19.1 Å². The molecule has 268 valence electrons. The lowest BCUT2D eigenvalue weighted by molar-refractivity contribution is -0.157. The molecule has 6 N–H and O–H groups in total.